The van der Waals surface area contributed by atoms with Gasteiger partial charge in [-0.2, -0.15) is 0 Å². The van der Waals surface area contributed by atoms with Crippen molar-refractivity contribution >= 4 is 33.0 Å². The largest absolute Gasteiger partial charge is 0.458 e. The fourth-order valence-electron chi connectivity index (χ4n) is 10.8. The number of para-hydroxylation sites is 4. The summed E-state index contributed by atoms with van der Waals surface area (Å²) in [6, 6.07) is 98.3. The number of pyridine rings is 1. The number of benzene rings is 11. The number of ether oxygens (including phenoxy) is 1. The van der Waals surface area contributed by atoms with E-state index in [9.17, 15) is 0 Å². The molecule has 0 aliphatic rings. The molecule has 0 bridgehead atoms. The molecule has 0 amide bonds. The van der Waals surface area contributed by atoms with Crippen molar-refractivity contribution in [2.45, 2.75) is 0 Å². The molecule has 0 N–H and O–H groups in total. The zero-order valence-electron chi connectivity index (χ0n) is 41.8. The van der Waals surface area contributed by atoms with Crippen LogP contribution in [0.15, 0.2) is 290 Å². The summed E-state index contributed by atoms with van der Waals surface area (Å²) in [4.78, 5) is 4.73. The Labute approximate surface area is 446 Å². The van der Waals surface area contributed by atoms with E-state index in [0.29, 0.717) is 11.5 Å². The minimum absolute atomic E-state index is 0.678. The van der Waals surface area contributed by atoms with Crippen molar-refractivity contribution in [3.05, 3.63) is 292 Å². The summed E-state index contributed by atoms with van der Waals surface area (Å²) in [6.07, 6.45) is 5.75. The summed E-state index contributed by atoms with van der Waals surface area (Å²) in [6.45, 7) is 0. The molecule has 5 nitrogen and oxygen atoms in total. The number of nitrogens with zero attached hydrogens (tertiary/aromatic N) is 3. The molecule has 0 aliphatic heterocycles. The van der Waals surface area contributed by atoms with E-state index in [1.807, 2.05) is 54.6 Å². The van der Waals surface area contributed by atoms with Gasteiger partial charge in [0.25, 0.3) is 6.33 Å². The van der Waals surface area contributed by atoms with Gasteiger partial charge in [0.05, 0.1) is 28.1 Å². The van der Waals surface area contributed by atoms with Crippen molar-refractivity contribution in [3.8, 4) is 101 Å². The van der Waals surface area contributed by atoms with Gasteiger partial charge in [-0.25, -0.2) is 0 Å². The lowest BCUT2D eigenvalue weighted by atomic mass is 9.89. The van der Waals surface area contributed by atoms with Crippen LogP contribution in [-0.4, -0.2) is 9.55 Å². The summed E-state index contributed by atoms with van der Waals surface area (Å²) in [5.74, 6) is 1.36. The summed E-state index contributed by atoms with van der Waals surface area (Å²) in [7, 11) is 0. The van der Waals surface area contributed by atoms with Crippen molar-refractivity contribution < 1.29 is 13.7 Å². The lowest BCUT2D eigenvalue weighted by Gasteiger charge is -2.20. The first-order valence-electron chi connectivity index (χ1n) is 25.9. The highest BCUT2D eigenvalue weighted by molar-refractivity contribution is 6.10. The second kappa shape index (κ2) is 19.5. The van der Waals surface area contributed by atoms with Crippen LogP contribution in [0.4, 0.5) is 0 Å². The van der Waals surface area contributed by atoms with Crippen molar-refractivity contribution in [2.75, 3.05) is 0 Å². The number of imidazole rings is 1. The predicted octanol–water partition coefficient (Wildman–Crippen LogP) is 18.5. The monoisotopic (exact) mass is 985 g/mol. The number of hydrogen-bond donors (Lipinski definition) is 0. The molecule has 14 aromatic rings. The molecule has 0 saturated heterocycles. The molecule has 0 fully saturated rings. The van der Waals surface area contributed by atoms with Crippen LogP contribution in [0.25, 0.3) is 122 Å². The molecular formula is C72H47N3O2. The van der Waals surface area contributed by atoms with E-state index >= 15 is 0 Å². The molecule has 362 valence electrons. The van der Waals surface area contributed by atoms with E-state index in [1.54, 1.807) is 6.20 Å². The quantitative estimate of drug-likeness (QED) is 0.0958. The van der Waals surface area contributed by atoms with Gasteiger partial charge in [0.1, 0.15) is 22.7 Å². The van der Waals surface area contributed by atoms with Gasteiger partial charge in [-0.3, -0.25) is 14.1 Å². The standard InChI is InChI=1S/C72H47N3O2/c1-5-21-49(22-6-1)53-39-54(50-23-7-2-8-24-50)42-57(41-53)62-32-20-33-63(58-43-55(51-25-9-3-10-26-51)40-56(44-58)52-27-11-4-12-28-52)71(62)75-48-74(68-35-14-15-36-69(68)75)59-29-19-30-60(45-59)76-61-46-65-64-31-13-16-37-70(64)77-72(65)66(47-61)67-34-17-18-38-73-67/h1-47H. The van der Waals surface area contributed by atoms with Crippen LogP contribution in [0.2, 0.25) is 0 Å². The van der Waals surface area contributed by atoms with Gasteiger partial charge in [0.2, 0.25) is 0 Å². The first kappa shape index (κ1) is 45.3. The minimum Gasteiger partial charge on any atom is -0.458 e. The summed E-state index contributed by atoms with van der Waals surface area (Å²) < 4.78 is 17.8. The maximum absolute atomic E-state index is 6.87. The fourth-order valence-corrected chi connectivity index (χ4v) is 10.8. The van der Waals surface area contributed by atoms with Crippen molar-refractivity contribution in [1.82, 2.24) is 9.55 Å². The summed E-state index contributed by atoms with van der Waals surface area (Å²) >= 11 is 0. The molecule has 5 heteroatoms. The Kier molecular flexibility index (Phi) is 11.5. The molecule has 11 aromatic carbocycles. The topological polar surface area (TPSA) is 44.1 Å². The van der Waals surface area contributed by atoms with Crippen molar-refractivity contribution in [2.24, 2.45) is 0 Å². The Hall–Kier alpha value is -10.4. The number of rotatable bonds is 11. The molecule has 14 rings (SSSR count). The Morgan fingerprint density at radius 2 is 0.896 bits per heavy atom. The van der Waals surface area contributed by atoms with Gasteiger partial charge in [0.15, 0.2) is 0 Å². The van der Waals surface area contributed by atoms with Gasteiger partial charge in [-0.1, -0.05) is 194 Å². The van der Waals surface area contributed by atoms with E-state index in [0.717, 1.165) is 122 Å². The SMILES string of the molecule is [c-]1n(-c2cccc(Oc3cc(-c4ccccn4)c4oc5ccccc5c4c3)c2)c2ccccc2[n+]1-c1c(-c2cc(-c3ccccc3)cc(-c3ccccc3)c2)cccc1-c1cc(-c2ccccc2)cc(-c2ccccc2)c1. The Morgan fingerprint density at radius 1 is 0.377 bits per heavy atom. The number of furan rings is 1. The first-order valence-corrected chi connectivity index (χ1v) is 25.9. The number of fused-ring (bicyclic) bond motifs is 4. The normalized spacial score (nSPS) is 11.4. The van der Waals surface area contributed by atoms with E-state index in [-0.39, 0.29) is 0 Å². The average Bonchev–Trinajstić information content (AvgIpc) is 4.18. The van der Waals surface area contributed by atoms with Gasteiger partial charge in [0, 0.05) is 22.5 Å². The van der Waals surface area contributed by atoms with Crippen LogP contribution in [0, 0.1) is 6.33 Å². The molecule has 0 saturated carbocycles. The third-order valence-corrected chi connectivity index (χ3v) is 14.4. The van der Waals surface area contributed by atoms with Crippen LogP contribution >= 0.6 is 0 Å². The van der Waals surface area contributed by atoms with Gasteiger partial charge in [-0.05, 0) is 152 Å². The van der Waals surface area contributed by atoms with Crippen LogP contribution in [0.3, 0.4) is 0 Å². The van der Waals surface area contributed by atoms with Crippen LogP contribution < -0.4 is 9.30 Å². The lowest BCUT2D eigenvalue weighted by molar-refractivity contribution is -0.571. The summed E-state index contributed by atoms with van der Waals surface area (Å²) in [5, 5.41) is 1.98. The third kappa shape index (κ3) is 8.62. The van der Waals surface area contributed by atoms with E-state index in [2.05, 4.69) is 240 Å². The van der Waals surface area contributed by atoms with E-state index in [4.69, 9.17) is 14.1 Å². The highest BCUT2D eigenvalue weighted by Crippen LogP contribution is 2.43. The zero-order chi connectivity index (χ0) is 51.1. The van der Waals surface area contributed by atoms with E-state index in [1.165, 1.54) is 0 Å². The predicted molar refractivity (Wildman–Crippen MR) is 313 cm³/mol. The Morgan fingerprint density at radius 3 is 1.48 bits per heavy atom. The van der Waals surface area contributed by atoms with Crippen LogP contribution in [0.5, 0.6) is 11.5 Å². The molecule has 3 heterocycles. The smallest absolute Gasteiger partial charge is 0.269 e. The van der Waals surface area contributed by atoms with Gasteiger partial charge < -0.3 is 9.15 Å². The van der Waals surface area contributed by atoms with Crippen molar-refractivity contribution in [1.29, 1.82) is 0 Å². The van der Waals surface area contributed by atoms with Crippen LogP contribution in [-0.2, 0) is 0 Å². The maximum Gasteiger partial charge on any atom is 0.269 e. The second-order valence-corrected chi connectivity index (χ2v) is 19.3. The second-order valence-electron chi connectivity index (χ2n) is 19.3. The molecular weight excluding hydrogens is 939 g/mol. The van der Waals surface area contributed by atoms with Gasteiger partial charge in [-0.15, -0.1) is 0 Å². The fraction of sp³-hybridized carbons (Fsp3) is 0. The molecule has 0 radical (unpaired) electrons. The molecule has 0 unspecified atom stereocenters. The molecule has 0 atom stereocenters. The minimum atomic E-state index is 0.678. The first-order chi connectivity index (χ1) is 38.1. The van der Waals surface area contributed by atoms with Crippen LogP contribution in [0.1, 0.15) is 0 Å². The highest BCUT2D eigenvalue weighted by Gasteiger charge is 2.23. The Balaban J connectivity index is 0.976. The highest BCUT2D eigenvalue weighted by atomic mass is 16.5. The lowest BCUT2D eigenvalue weighted by Crippen LogP contribution is -2.31. The molecule has 77 heavy (non-hydrogen) atoms. The Bertz CT molecular complexity index is 4190. The third-order valence-electron chi connectivity index (χ3n) is 14.4. The zero-order valence-corrected chi connectivity index (χ0v) is 41.8. The number of hydrogen-bond acceptors (Lipinski definition) is 3. The molecule has 3 aromatic heterocycles. The molecule has 0 aliphatic carbocycles. The number of aromatic nitrogens is 3. The van der Waals surface area contributed by atoms with Gasteiger partial charge >= 0.3 is 0 Å². The van der Waals surface area contributed by atoms with Crippen molar-refractivity contribution in [3.63, 3.8) is 0 Å². The maximum atomic E-state index is 6.87. The summed E-state index contributed by atoms with van der Waals surface area (Å²) in [5.41, 5.74) is 20.6. The average molecular weight is 986 g/mol. The molecule has 0 spiro atoms. The van der Waals surface area contributed by atoms with E-state index < -0.39 is 0 Å².